The fourth-order valence-electron chi connectivity index (χ4n) is 7.75. The standard InChI is InChI=1S/C52H42N2/c1-35-13-24-43(25-14-35)53(44-26-15-36(2)16-27-44)51-47-11-7-8-12-48(47)52(54(45-28-17-37(3)18-29-45)46-30-19-38(4)20-31-46)50-34-42(23-32-49(50)51)41-22-21-39-9-5-6-10-40(39)33-41/h5-34H,1-4H3. The first-order valence-corrected chi connectivity index (χ1v) is 18.8. The molecule has 0 aliphatic heterocycles. The van der Waals surface area contributed by atoms with Gasteiger partial charge in [0, 0.05) is 44.3 Å². The molecule has 0 aliphatic rings. The molecule has 54 heavy (non-hydrogen) atoms. The van der Waals surface area contributed by atoms with Crippen LogP contribution < -0.4 is 9.80 Å². The predicted molar refractivity (Wildman–Crippen MR) is 233 cm³/mol. The van der Waals surface area contributed by atoms with Gasteiger partial charge in [0.05, 0.1) is 11.4 Å². The summed E-state index contributed by atoms with van der Waals surface area (Å²) in [6, 6.07) is 67.2. The molecule has 0 saturated carbocycles. The van der Waals surface area contributed by atoms with Crippen LogP contribution in [0.5, 0.6) is 0 Å². The molecule has 0 bridgehead atoms. The molecule has 0 unspecified atom stereocenters. The molecule has 0 atom stereocenters. The highest BCUT2D eigenvalue weighted by atomic mass is 15.2. The van der Waals surface area contributed by atoms with E-state index in [4.69, 9.17) is 0 Å². The van der Waals surface area contributed by atoms with Gasteiger partial charge >= 0.3 is 0 Å². The van der Waals surface area contributed by atoms with Gasteiger partial charge in [0.25, 0.3) is 0 Å². The third kappa shape index (κ3) is 6.06. The van der Waals surface area contributed by atoms with Crippen LogP contribution in [0.2, 0.25) is 0 Å². The third-order valence-corrected chi connectivity index (χ3v) is 10.7. The van der Waals surface area contributed by atoms with Crippen LogP contribution in [0, 0.1) is 27.7 Å². The fourth-order valence-corrected chi connectivity index (χ4v) is 7.75. The average Bonchev–Trinajstić information content (AvgIpc) is 3.21. The molecule has 260 valence electrons. The van der Waals surface area contributed by atoms with E-state index in [0.717, 1.165) is 34.1 Å². The second kappa shape index (κ2) is 13.7. The lowest BCUT2D eigenvalue weighted by Crippen LogP contribution is -2.14. The Labute approximate surface area is 318 Å². The predicted octanol–water partition coefficient (Wildman–Crippen LogP) is 15.0. The molecule has 0 saturated heterocycles. The number of hydrogen-bond acceptors (Lipinski definition) is 2. The van der Waals surface area contributed by atoms with Crippen molar-refractivity contribution in [2.24, 2.45) is 0 Å². The minimum absolute atomic E-state index is 1.12. The van der Waals surface area contributed by atoms with E-state index in [9.17, 15) is 0 Å². The van der Waals surface area contributed by atoms with Crippen LogP contribution in [0.25, 0.3) is 43.4 Å². The highest BCUT2D eigenvalue weighted by Crippen LogP contribution is 2.51. The SMILES string of the molecule is Cc1ccc(N(c2ccc(C)cc2)c2c3ccccc3c(N(c3ccc(C)cc3)c3ccc(C)cc3)c3cc(-c4ccc5ccccc5c4)ccc23)cc1. The maximum absolute atomic E-state index is 2.46. The van der Waals surface area contributed by atoms with Crippen molar-refractivity contribution in [1.29, 1.82) is 0 Å². The van der Waals surface area contributed by atoms with Crippen molar-refractivity contribution in [3.63, 3.8) is 0 Å². The van der Waals surface area contributed by atoms with Gasteiger partial charge in [-0.3, -0.25) is 0 Å². The molecule has 9 rings (SSSR count). The number of aryl methyl sites for hydroxylation is 4. The van der Waals surface area contributed by atoms with E-state index in [1.807, 2.05) is 0 Å². The summed E-state index contributed by atoms with van der Waals surface area (Å²) in [7, 11) is 0. The van der Waals surface area contributed by atoms with Crippen LogP contribution in [-0.2, 0) is 0 Å². The van der Waals surface area contributed by atoms with Gasteiger partial charge in [-0.2, -0.15) is 0 Å². The van der Waals surface area contributed by atoms with E-state index in [1.54, 1.807) is 0 Å². The largest absolute Gasteiger partial charge is 0.309 e. The smallest absolute Gasteiger partial charge is 0.0620 e. The van der Waals surface area contributed by atoms with Gasteiger partial charge < -0.3 is 9.80 Å². The molecule has 0 amide bonds. The number of rotatable bonds is 7. The van der Waals surface area contributed by atoms with E-state index in [0.29, 0.717) is 0 Å². The summed E-state index contributed by atoms with van der Waals surface area (Å²) in [5.41, 5.74) is 14.1. The van der Waals surface area contributed by atoms with Crippen LogP contribution >= 0.6 is 0 Å². The van der Waals surface area contributed by atoms with Crippen molar-refractivity contribution in [3.05, 3.63) is 204 Å². The summed E-state index contributed by atoms with van der Waals surface area (Å²) in [6.07, 6.45) is 0. The Balaban J connectivity index is 1.42. The Morgan fingerprint density at radius 1 is 0.278 bits per heavy atom. The van der Waals surface area contributed by atoms with E-state index in [2.05, 4.69) is 219 Å². The molecule has 0 radical (unpaired) electrons. The summed E-state index contributed by atoms with van der Waals surface area (Å²) in [4.78, 5) is 4.91. The van der Waals surface area contributed by atoms with Crippen LogP contribution in [0.3, 0.4) is 0 Å². The maximum atomic E-state index is 2.46. The molecule has 2 nitrogen and oxygen atoms in total. The average molecular weight is 695 g/mol. The van der Waals surface area contributed by atoms with Crippen molar-refractivity contribution >= 4 is 66.4 Å². The molecule has 9 aromatic carbocycles. The van der Waals surface area contributed by atoms with E-state index in [1.165, 1.54) is 65.7 Å². The van der Waals surface area contributed by atoms with Crippen molar-refractivity contribution in [1.82, 2.24) is 0 Å². The first kappa shape index (κ1) is 33.2. The fraction of sp³-hybridized carbons (Fsp3) is 0.0769. The van der Waals surface area contributed by atoms with Gasteiger partial charge in [0.1, 0.15) is 0 Å². The summed E-state index contributed by atoms with van der Waals surface area (Å²) in [5, 5.41) is 7.20. The first-order chi connectivity index (χ1) is 26.4. The van der Waals surface area contributed by atoms with Gasteiger partial charge in [-0.05, 0) is 110 Å². The molecular formula is C52H42N2. The first-order valence-electron chi connectivity index (χ1n) is 18.8. The van der Waals surface area contributed by atoms with Crippen molar-refractivity contribution < 1.29 is 0 Å². The highest BCUT2D eigenvalue weighted by molar-refractivity contribution is 6.24. The monoisotopic (exact) mass is 694 g/mol. The van der Waals surface area contributed by atoms with E-state index in [-0.39, 0.29) is 0 Å². The summed E-state index contributed by atoms with van der Waals surface area (Å²) < 4.78 is 0. The number of nitrogens with zero attached hydrogens (tertiary/aromatic N) is 2. The normalized spacial score (nSPS) is 11.3. The molecular weight excluding hydrogens is 653 g/mol. The van der Waals surface area contributed by atoms with Crippen LogP contribution in [0.4, 0.5) is 34.1 Å². The number of anilines is 6. The second-order valence-corrected chi connectivity index (χ2v) is 14.6. The third-order valence-electron chi connectivity index (χ3n) is 10.7. The van der Waals surface area contributed by atoms with Gasteiger partial charge in [0.2, 0.25) is 0 Å². The summed E-state index contributed by atoms with van der Waals surface area (Å²) in [5.74, 6) is 0. The van der Waals surface area contributed by atoms with Crippen LogP contribution in [0.15, 0.2) is 182 Å². The Bertz CT molecular complexity index is 2690. The molecule has 9 aromatic rings. The maximum Gasteiger partial charge on any atom is 0.0620 e. The zero-order chi connectivity index (χ0) is 36.8. The van der Waals surface area contributed by atoms with Gasteiger partial charge in [-0.15, -0.1) is 0 Å². The molecule has 0 aromatic heterocycles. The van der Waals surface area contributed by atoms with Crippen LogP contribution in [0.1, 0.15) is 22.3 Å². The zero-order valence-electron chi connectivity index (χ0n) is 31.2. The molecule has 0 heterocycles. The topological polar surface area (TPSA) is 6.48 Å². The van der Waals surface area contributed by atoms with Crippen molar-refractivity contribution in [2.75, 3.05) is 9.80 Å². The second-order valence-electron chi connectivity index (χ2n) is 14.6. The van der Waals surface area contributed by atoms with Gasteiger partial charge in [-0.25, -0.2) is 0 Å². The van der Waals surface area contributed by atoms with E-state index >= 15 is 0 Å². The molecule has 2 heteroatoms. The molecule has 0 aliphatic carbocycles. The Morgan fingerprint density at radius 3 is 1.09 bits per heavy atom. The van der Waals surface area contributed by atoms with Crippen molar-refractivity contribution in [2.45, 2.75) is 27.7 Å². The Morgan fingerprint density at radius 2 is 0.630 bits per heavy atom. The highest BCUT2D eigenvalue weighted by Gasteiger charge is 2.26. The van der Waals surface area contributed by atoms with Crippen molar-refractivity contribution in [3.8, 4) is 11.1 Å². The van der Waals surface area contributed by atoms with Crippen LogP contribution in [-0.4, -0.2) is 0 Å². The summed E-state index contributed by atoms with van der Waals surface area (Å²) in [6.45, 7) is 8.61. The van der Waals surface area contributed by atoms with E-state index < -0.39 is 0 Å². The lowest BCUT2D eigenvalue weighted by molar-refractivity contribution is 1.28. The lowest BCUT2D eigenvalue weighted by Gasteiger charge is -2.33. The quantitative estimate of drug-likeness (QED) is 0.121. The number of fused-ring (bicyclic) bond motifs is 3. The minimum atomic E-state index is 1.12. The lowest BCUT2D eigenvalue weighted by atomic mass is 9.92. The summed E-state index contributed by atoms with van der Waals surface area (Å²) >= 11 is 0. The Hall–Kier alpha value is -6.64. The number of benzene rings is 9. The minimum Gasteiger partial charge on any atom is -0.309 e. The zero-order valence-corrected chi connectivity index (χ0v) is 31.2. The molecule has 0 fully saturated rings. The Kier molecular flexibility index (Phi) is 8.44. The van der Waals surface area contributed by atoms with Gasteiger partial charge in [0.15, 0.2) is 0 Å². The van der Waals surface area contributed by atoms with Gasteiger partial charge in [-0.1, -0.05) is 144 Å². The number of hydrogen-bond donors (Lipinski definition) is 0. The molecule has 0 N–H and O–H groups in total. The molecule has 0 spiro atoms.